The minimum absolute atomic E-state index is 0.218. The number of aromatic nitrogens is 3. The molecule has 27 heavy (non-hydrogen) atoms. The molecule has 0 aliphatic heterocycles. The van der Waals surface area contributed by atoms with Crippen LogP contribution in [-0.2, 0) is 12.8 Å². The van der Waals surface area contributed by atoms with Gasteiger partial charge < -0.3 is 11.1 Å². The van der Waals surface area contributed by atoms with Crippen molar-refractivity contribution in [1.29, 1.82) is 0 Å². The average Bonchev–Trinajstić information content (AvgIpc) is 2.72. The molecule has 0 aliphatic carbocycles. The van der Waals surface area contributed by atoms with Crippen LogP contribution in [0.15, 0.2) is 66.7 Å². The van der Waals surface area contributed by atoms with Gasteiger partial charge in [-0.15, -0.1) is 0 Å². The second kappa shape index (κ2) is 7.41. The van der Waals surface area contributed by atoms with Crippen LogP contribution in [-0.4, -0.2) is 22.0 Å². The lowest BCUT2D eigenvalue weighted by molar-refractivity contribution is 0.956. The summed E-state index contributed by atoms with van der Waals surface area (Å²) >= 11 is 0. The Morgan fingerprint density at radius 1 is 0.852 bits per heavy atom. The molecule has 3 N–H and O–H groups in total. The summed E-state index contributed by atoms with van der Waals surface area (Å²) in [6, 6.07) is 22.8. The van der Waals surface area contributed by atoms with Gasteiger partial charge in [0.1, 0.15) is 5.82 Å². The van der Waals surface area contributed by atoms with Gasteiger partial charge in [0.25, 0.3) is 0 Å². The molecule has 0 saturated heterocycles. The molecule has 0 aliphatic rings. The molecule has 5 nitrogen and oxygen atoms in total. The Hall–Kier alpha value is -3.47. The average molecular weight is 355 g/mol. The number of nitrogens with one attached hydrogen (secondary N) is 1. The van der Waals surface area contributed by atoms with Crippen molar-refractivity contribution >= 4 is 22.8 Å². The molecule has 2 aromatic carbocycles. The Morgan fingerprint density at radius 2 is 1.56 bits per heavy atom. The SMILES string of the molecule is CNc1nc(N)nc2nc(-c3ccccc3)c(CCc3ccccc3)cc12. The third kappa shape index (κ3) is 3.58. The smallest absolute Gasteiger partial charge is 0.224 e. The lowest BCUT2D eigenvalue weighted by Crippen LogP contribution is -2.05. The van der Waals surface area contributed by atoms with E-state index in [9.17, 15) is 0 Å². The zero-order valence-electron chi connectivity index (χ0n) is 15.2. The maximum atomic E-state index is 5.86. The molecule has 0 bridgehead atoms. The summed E-state index contributed by atoms with van der Waals surface area (Å²) in [7, 11) is 1.83. The van der Waals surface area contributed by atoms with Crippen molar-refractivity contribution < 1.29 is 0 Å². The van der Waals surface area contributed by atoms with Crippen LogP contribution in [0.2, 0.25) is 0 Å². The van der Waals surface area contributed by atoms with E-state index in [-0.39, 0.29) is 5.95 Å². The van der Waals surface area contributed by atoms with Crippen molar-refractivity contribution in [3.05, 3.63) is 77.9 Å². The van der Waals surface area contributed by atoms with E-state index in [1.165, 1.54) is 11.1 Å². The lowest BCUT2D eigenvalue weighted by Gasteiger charge is -2.13. The Bertz CT molecular complexity index is 1060. The van der Waals surface area contributed by atoms with E-state index in [1.807, 2.05) is 31.3 Å². The van der Waals surface area contributed by atoms with E-state index in [1.54, 1.807) is 0 Å². The van der Waals surface area contributed by atoms with Gasteiger partial charge in [0.05, 0.1) is 11.1 Å². The molecule has 0 fully saturated rings. The van der Waals surface area contributed by atoms with Crippen LogP contribution in [0.5, 0.6) is 0 Å². The highest BCUT2D eigenvalue weighted by atomic mass is 15.1. The molecule has 4 rings (SSSR count). The van der Waals surface area contributed by atoms with Crippen molar-refractivity contribution in [3.8, 4) is 11.3 Å². The van der Waals surface area contributed by atoms with E-state index < -0.39 is 0 Å². The number of anilines is 2. The Morgan fingerprint density at radius 3 is 2.26 bits per heavy atom. The quantitative estimate of drug-likeness (QED) is 0.563. The van der Waals surface area contributed by atoms with E-state index in [2.05, 4.69) is 57.7 Å². The molecule has 4 aromatic rings. The first-order valence-electron chi connectivity index (χ1n) is 8.99. The minimum atomic E-state index is 0.218. The van der Waals surface area contributed by atoms with E-state index in [0.717, 1.165) is 29.5 Å². The summed E-state index contributed by atoms with van der Waals surface area (Å²) in [6.45, 7) is 0. The molecule has 0 saturated carbocycles. The zero-order valence-corrected chi connectivity index (χ0v) is 15.2. The first-order valence-corrected chi connectivity index (χ1v) is 8.99. The number of hydrogen-bond acceptors (Lipinski definition) is 5. The number of hydrogen-bond donors (Lipinski definition) is 2. The maximum Gasteiger partial charge on any atom is 0.224 e. The molecule has 2 heterocycles. The molecule has 2 aromatic heterocycles. The zero-order chi connectivity index (χ0) is 18.6. The van der Waals surface area contributed by atoms with Crippen LogP contribution in [0, 0.1) is 0 Å². The van der Waals surface area contributed by atoms with Gasteiger partial charge in [0.15, 0.2) is 5.65 Å². The number of nitrogen functional groups attached to an aromatic ring is 1. The number of nitrogens with two attached hydrogens (primary N) is 1. The molecule has 0 radical (unpaired) electrons. The molecule has 0 unspecified atom stereocenters. The third-order valence-corrected chi connectivity index (χ3v) is 4.59. The van der Waals surface area contributed by atoms with Crippen LogP contribution in [0.3, 0.4) is 0 Å². The van der Waals surface area contributed by atoms with Gasteiger partial charge in [-0.25, -0.2) is 4.98 Å². The predicted molar refractivity (Wildman–Crippen MR) is 111 cm³/mol. The molecule has 0 atom stereocenters. The van der Waals surface area contributed by atoms with Gasteiger partial charge in [0, 0.05) is 12.6 Å². The Balaban J connectivity index is 1.84. The van der Waals surface area contributed by atoms with Crippen LogP contribution >= 0.6 is 0 Å². The first kappa shape index (κ1) is 17.0. The molecular formula is C22H21N5. The fourth-order valence-electron chi connectivity index (χ4n) is 3.26. The van der Waals surface area contributed by atoms with Gasteiger partial charge in [-0.3, -0.25) is 0 Å². The summed E-state index contributed by atoms with van der Waals surface area (Å²) in [6.07, 6.45) is 1.82. The summed E-state index contributed by atoms with van der Waals surface area (Å²) in [5, 5.41) is 3.98. The Kier molecular flexibility index (Phi) is 4.66. The third-order valence-electron chi connectivity index (χ3n) is 4.59. The lowest BCUT2D eigenvalue weighted by atomic mass is 9.98. The van der Waals surface area contributed by atoms with Crippen molar-refractivity contribution in [1.82, 2.24) is 15.0 Å². The molecular weight excluding hydrogens is 334 g/mol. The highest BCUT2D eigenvalue weighted by molar-refractivity contribution is 5.90. The minimum Gasteiger partial charge on any atom is -0.372 e. The normalized spacial score (nSPS) is 10.9. The fraction of sp³-hybridized carbons (Fsp3) is 0.136. The van der Waals surface area contributed by atoms with Crippen molar-refractivity contribution in [2.24, 2.45) is 0 Å². The van der Waals surface area contributed by atoms with Crippen molar-refractivity contribution in [2.45, 2.75) is 12.8 Å². The number of benzene rings is 2. The van der Waals surface area contributed by atoms with Gasteiger partial charge >= 0.3 is 0 Å². The van der Waals surface area contributed by atoms with Crippen LogP contribution < -0.4 is 11.1 Å². The van der Waals surface area contributed by atoms with Crippen LogP contribution in [0.4, 0.5) is 11.8 Å². The number of nitrogens with zero attached hydrogens (tertiary/aromatic N) is 3. The largest absolute Gasteiger partial charge is 0.372 e. The monoisotopic (exact) mass is 355 g/mol. The summed E-state index contributed by atoms with van der Waals surface area (Å²) in [4.78, 5) is 13.5. The Labute approximate surface area is 158 Å². The van der Waals surface area contributed by atoms with Crippen molar-refractivity contribution in [2.75, 3.05) is 18.1 Å². The van der Waals surface area contributed by atoms with Crippen LogP contribution in [0.1, 0.15) is 11.1 Å². The number of rotatable bonds is 5. The van der Waals surface area contributed by atoms with Gasteiger partial charge in [-0.05, 0) is 30.0 Å². The summed E-state index contributed by atoms with van der Waals surface area (Å²) in [5.41, 5.74) is 11.0. The van der Waals surface area contributed by atoms with E-state index >= 15 is 0 Å². The van der Waals surface area contributed by atoms with Crippen molar-refractivity contribution in [3.63, 3.8) is 0 Å². The highest BCUT2D eigenvalue weighted by Crippen LogP contribution is 2.29. The van der Waals surface area contributed by atoms with Gasteiger partial charge in [-0.2, -0.15) is 9.97 Å². The second-order valence-electron chi connectivity index (χ2n) is 6.40. The van der Waals surface area contributed by atoms with Crippen LogP contribution in [0.25, 0.3) is 22.3 Å². The maximum absolute atomic E-state index is 5.86. The fourth-order valence-corrected chi connectivity index (χ4v) is 3.26. The van der Waals surface area contributed by atoms with Gasteiger partial charge in [0.2, 0.25) is 5.95 Å². The summed E-state index contributed by atoms with van der Waals surface area (Å²) < 4.78 is 0. The first-order chi connectivity index (χ1) is 13.2. The molecule has 134 valence electrons. The number of pyridine rings is 1. The molecule has 0 spiro atoms. The topological polar surface area (TPSA) is 76.7 Å². The second-order valence-corrected chi connectivity index (χ2v) is 6.40. The predicted octanol–water partition coefficient (Wildman–Crippen LogP) is 4.10. The standard InChI is InChI=1S/C22H21N5/c1-24-20-18-14-17(13-12-15-8-4-2-5-9-15)19(16-10-6-3-7-11-16)25-21(18)27-22(23)26-20/h2-11,14H,12-13H2,1H3,(H3,23,24,25,26,27). The van der Waals surface area contributed by atoms with E-state index in [4.69, 9.17) is 10.7 Å². The highest BCUT2D eigenvalue weighted by Gasteiger charge is 2.14. The molecule has 0 amide bonds. The van der Waals surface area contributed by atoms with E-state index in [0.29, 0.717) is 11.5 Å². The summed E-state index contributed by atoms with van der Waals surface area (Å²) in [5.74, 6) is 0.918. The number of fused-ring (bicyclic) bond motifs is 1. The van der Waals surface area contributed by atoms with Gasteiger partial charge in [-0.1, -0.05) is 60.7 Å². The number of aryl methyl sites for hydroxylation is 2. The molecule has 5 heteroatoms.